The third kappa shape index (κ3) is 5.71. The third-order valence-corrected chi connectivity index (χ3v) is 7.29. The monoisotopic (exact) mass is 542 g/mol. The van der Waals surface area contributed by atoms with Crippen LogP contribution in [0.5, 0.6) is 0 Å². The molecular weight excluding hydrogens is 520 g/mol. The minimum atomic E-state index is -4.35. The Morgan fingerprint density at radius 3 is 2.54 bits per heavy atom. The Labute approximate surface area is 204 Å². The zero-order chi connectivity index (χ0) is 25.5. The van der Waals surface area contributed by atoms with E-state index in [1.807, 2.05) is 13.8 Å². The van der Waals surface area contributed by atoms with Gasteiger partial charge in [0.15, 0.2) is 11.5 Å². The lowest BCUT2D eigenvalue weighted by Crippen LogP contribution is -2.26. The third-order valence-electron chi connectivity index (χ3n) is 4.95. The highest BCUT2D eigenvalue weighted by molar-refractivity contribution is 7.86. The molecule has 1 unspecified atom stereocenters. The Balaban J connectivity index is 1.64. The summed E-state index contributed by atoms with van der Waals surface area (Å²) in [7, 11) is -8.48. The molecule has 1 atom stereocenters. The lowest BCUT2D eigenvalue weighted by molar-refractivity contribution is 0.473. The summed E-state index contributed by atoms with van der Waals surface area (Å²) in [5.41, 5.74) is 1.97. The van der Waals surface area contributed by atoms with Gasteiger partial charge in [0.2, 0.25) is 10.8 Å². The van der Waals surface area contributed by atoms with E-state index < -0.39 is 26.1 Å². The Bertz CT molecular complexity index is 1640. The maximum absolute atomic E-state index is 11.4. The minimum Gasteiger partial charge on any atom is -0.301 e. The number of nitrogens with zero attached hydrogens (tertiary/aromatic N) is 6. The van der Waals surface area contributed by atoms with Crippen molar-refractivity contribution in [3.63, 3.8) is 0 Å². The van der Waals surface area contributed by atoms with E-state index in [1.54, 1.807) is 6.92 Å². The summed E-state index contributed by atoms with van der Waals surface area (Å²) in [6.45, 7) is 5.94. The molecule has 4 rings (SSSR count). The highest BCUT2D eigenvalue weighted by Gasteiger charge is 2.21. The summed E-state index contributed by atoms with van der Waals surface area (Å²) < 4.78 is 64.7. The van der Waals surface area contributed by atoms with Crippen LogP contribution in [0.25, 0.3) is 15.9 Å². The molecule has 0 amide bonds. The van der Waals surface area contributed by atoms with Gasteiger partial charge in [0.1, 0.15) is 5.88 Å². The van der Waals surface area contributed by atoms with E-state index >= 15 is 0 Å². The van der Waals surface area contributed by atoms with Crippen molar-refractivity contribution in [1.82, 2.24) is 30.1 Å². The number of rotatable bonds is 9. The fourth-order valence-electron chi connectivity index (χ4n) is 3.24. The molecule has 3 heterocycles. The summed E-state index contributed by atoms with van der Waals surface area (Å²) in [4.78, 5) is 8.55. The van der Waals surface area contributed by atoms with Gasteiger partial charge in [-0.15, -0.1) is 15.3 Å². The highest BCUT2D eigenvalue weighted by Crippen LogP contribution is 2.34. The normalized spacial score (nSPS) is 14.1. The van der Waals surface area contributed by atoms with Crippen molar-refractivity contribution in [3.8, 4) is 0 Å². The summed E-state index contributed by atoms with van der Waals surface area (Å²) in [6, 6.07) is 4.08. The second kappa shape index (κ2) is 9.32. The predicted octanol–water partition coefficient (Wildman–Crippen LogP) is 2.99. The summed E-state index contributed by atoms with van der Waals surface area (Å²) >= 11 is 1.20. The Morgan fingerprint density at radius 2 is 1.89 bits per heavy atom. The van der Waals surface area contributed by atoms with E-state index in [9.17, 15) is 21.4 Å². The van der Waals surface area contributed by atoms with Crippen molar-refractivity contribution < 1.29 is 25.9 Å². The zero-order valence-corrected chi connectivity index (χ0v) is 21.2. The molecule has 0 radical (unpaired) electrons. The first-order valence-corrected chi connectivity index (χ1v) is 14.1. The number of aromatic amines is 1. The van der Waals surface area contributed by atoms with Crippen LogP contribution in [-0.4, -0.2) is 63.2 Å². The molecule has 4 aromatic rings. The smallest absolute Gasteiger partial charge is 0.294 e. The van der Waals surface area contributed by atoms with Gasteiger partial charge < -0.3 is 5.32 Å². The van der Waals surface area contributed by atoms with E-state index in [-0.39, 0.29) is 28.4 Å². The number of hydrogen-bond donors (Lipinski definition) is 4. The number of thiazole rings is 1. The van der Waals surface area contributed by atoms with Gasteiger partial charge in [0.05, 0.1) is 20.8 Å². The van der Waals surface area contributed by atoms with Gasteiger partial charge in [-0.3, -0.25) is 14.2 Å². The molecule has 14 nitrogen and oxygen atoms in total. The second-order valence-electron chi connectivity index (χ2n) is 8.12. The molecule has 17 heteroatoms. The molecule has 35 heavy (non-hydrogen) atoms. The Morgan fingerprint density at radius 1 is 1.14 bits per heavy atom. The molecule has 1 aromatic carbocycles. The van der Waals surface area contributed by atoms with Crippen molar-refractivity contribution in [2.75, 3.05) is 12.4 Å². The van der Waals surface area contributed by atoms with Crippen LogP contribution in [0.3, 0.4) is 0 Å². The fraction of sp³-hybridized carbons (Fsp3) is 0.389. The zero-order valence-electron chi connectivity index (χ0n) is 18.7. The van der Waals surface area contributed by atoms with E-state index in [0.29, 0.717) is 27.4 Å². The van der Waals surface area contributed by atoms with Gasteiger partial charge in [0, 0.05) is 12.5 Å². The lowest BCUT2D eigenvalue weighted by atomic mass is 10.1. The predicted molar refractivity (Wildman–Crippen MR) is 128 cm³/mol. The number of aromatic nitrogens is 5. The van der Waals surface area contributed by atoms with Crippen molar-refractivity contribution >= 4 is 58.3 Å². The molecule has 0 saturated heterocycles. The number of benzene rings is 1. The molecule has 0 saturated carbocycles. The molecule has 0 aliphatic heterocycles. The fourth-order valence-corrected chi connectivity index (χ4v) is 4.89. The summed E-state index contributed by atoms with van der Waals surface area (Å²) in [6.07, 6.45) is 0. The van der Waals surface area contributed by atoms with Gasteiger partial charge >= 0.3 is 0 Å². The Kier molecular flexibility index (Phi) is 6.73. The summed E-state index contributed by atoms with van der Waals surface area (Å²) in [5, 5.41) is 19.0. The topological polar surface area (TPSA) is 204 Å². The van der Waals surface area contributed by atoms with Gasteiger partial charge in [0.25, 0.3) is 20.2 Å². The molecule has 3 aromatic heterocycles. The SMILES string of the molecule is CC(C)c1[nH]n2nc(C(C)CNCS(=O)(=O)O)nc2c1N=Nc1nc2cc(S(=O)(=O)O)ccc2s1. The van der Waals surface area contributed by atoms with Crippen LogP contribution >= 0.6 is 11.3 Å². The average Bonchev–Trinajstić information content (AvgIpc) is 3.42. The van der Waals surface area contributed by atoms with Crippen LogP contribution in [0, 0.1) is 0 Å². The highest BCUT2D eigenvalue weighted by atomic mass is 32.2. The average molecular weight is 543 g/mol. The minimum absolute atomic E-state index is 0.0393. The summed E-state index contributed by atoms with van der Waals surface area (Å²) in [5.74, 6) is -0.368. The van der Waals surface area contributed by atoms with Gasteiger partial charge in [-0.25, -0.2) is 9.97 Å². The lowest BCUT2D eigenvalue weighted by Gasteiger charge is -2.07. The van der Waals surface area contributed by atoms with Gasteiger partial charge in [-0.2, -0.15) is 21.5 Å². The molecule has 0 aliphatic carbocycles. The van der Waals surface area contributed by atoms with Gasteiger partial charge in [-0.05, 0) is 24.1 Å². The maximum Gasteiger partial charge on any atom is 0.294 e. The number of hydrogen-bond acceptors (Lipinski definition) is 11. The number of nitrogens with one attached hydrogen (secondary N) is 2. The van der Waals surface area contributed by atoms with Gasteiger partial charge in [-0.1, -0.05) is 32.1 Å². The first kappa shape index (κ1) is 25.3. The molecule has 188 valence electrons. The standard InChI is InChI=1S/C18H22N8O6S3/c1-9(2)14-15(17-21-16(25-26(17)24-14)10(3)7-19-8-34(27,28)29)22-23-18-20-12-6-11(35(30,31)32)4-5-13(12)33-18/h4-6,9-10,19,24H,7-8H2,1-3H3,(H,27,28,29)(H,30,31,32). The maximum atomic E-state index is 11.4. The van der Waals surface area contributed by atoms with E-state index in [4.69, 9.17) is 4.55 Å². The largest absolute Gasteiger partial charge is 0.301 e. The molecule has 4 N–H and O–H groups in total. The van der Waals surface area contributed by atoms with Crippen LogP contribution < -0.4 is 5.32 Å². The van der Waals surface area contributed by atoms with Crippen molar-refractivity contribution in [2.45, 2.75) is 37.5 Å². The molecule has 0 spiro atoms. The first-order valence-electron chi connectivity index (χ1n) is 10.3. The van der Waals surface area contributed by atoms with Crippen LogP contribution in [0.15, 0.2) is 33.3 Å². The van der Waals surface area contributed by atoms with Crippen molar-refractivity contribution in [1.29, 1.82) is 0 Å². The van der Waals surface area contributed by atoms with Crippen molar-refractivity contribution in [2.24, 2.45) is 10.2 Å². The van der Waals surface area contributed by atoms with Crippen molar-refractivity contribution in [3.05, 3.63) is 29.7 Å². The first-order chi connectivity index (χ1) is 16.3. The van der Waals surface area contributed by atoms with E-state index in [2.05, 4.69) is 35.7 Å². The van der Waals surface area contributed by atoms with E-state index in [1.165, 1.54) is 34.2 Å². The molecule has 0 bridgehead atoms. The second-order valence-corrected chi connectivity index (χ2v) is 12.0. The quantitative estimate of drug-likeness (QED) is 0.180. The van der Waals surface area contributed by atoms with Crippen LogP contribution in [0.4, 0.5) is 10.8 Å². The number of azo groups is 1. The number of fused-ring (bicyclic) bond motifs is 2. The van der Waals surface area contributed by atoms with E-state index in [0.717, 1.165) is 5.69 Å². The van der Waals surface area contributed by atoms with Crippen LogP contribution in [-0.2, 0) is 20.2 Å². The van der Waals surface area contributed by atoms with Crippen LogP contribution in [0.2, 0.25) is 0 Å². The molecule has 0 fully saturated rings. The van der Waals surface area contributed by atoms with Crippen LogP contribution in [0.1, 0.15) is 44.1 Å². The Hall–Kier alpha value is -2.83. The molecular formula is C18H22N8O6S3. The number of H-pyrrole nitrogens is 1. The molecule has 0 aliphatic rings.